The summed E-state index contributed by atoms with van der Waals surface area (Å²) < 4.78 is 0. The van der Waals surface area contributed by atoms with E-state index in [4.69, 9.17) is 11.0 Å². The standard InChI is InChI=1S/C7H11N3O/c8-5-10-4-2-1-3-6(9)7(10)11/h6H,1-4,9H2. The summed E-state index contributed by atoms with van der Waals surface area (Å²) in [7, 11) is 0. The van der Waals surface area contributed by atoms with Crippen molar-refractivity contribution < 1.29 is 4.79 Å². The Balaban J connectivity index is 2.66. The largest absolute Gasteiger partial charge is 0.320 e. The molecule has 1 rings (SSSR count). The van der Waals surface area contributed by atoms with Crippen LogP contribution in [0.2, 0.25) is 0 Å². The Bertz CT molecular complexity index is 196. The van der Waals surface area contributed by atoms with Crippen molar-refractivity contribution in [2.45, 2.75) is 25.3 Å². The third-order valence-electron chi connectivity index (χ3n) is 1.85. The highest BCUT2D eigenvalue weighted by Gasteiger charge is 2.23. The molecule has 4 heteroatoms. The zero-order valence-electron chi connectivity index (χ0n) is 6.29. The quantitative estimate of drug-likeness (QED) is 0.490. The molecule has 1 amide bonds. The molecule has 4 nitrogen and oxygen atoms in total. The number of nitrogens with two attached hydrogens (primary N) is 1. The number of hydrogen-bond donors (Lipinski definition) is 1. The van der Waals surface area contributed by atoms with Gasteiger partial charge in [-0.25, -0.2) is 4.90 Å². The normalized spacial score (nSPS) is 26.0. The van der Waals surface area contributed by atoms with Gasteiger partial charge in [0.15, 0.2) is 6.19 Å². The highest BCUT2D eigenvalue weighted by molar-refractivity contribution is 5.83. The monoisotopic (exact) mass is 153 g/mol. The van der Waals surface area contributed by atoms with Crippen LogP contribution in [0.3, 0.4) is 0 Å². The Kier molecular flexibility index (Phi) is 2.44. The lowest BCUT2D eigenvalue weighted by atomic mass is 10.1. The van der Waals surface area contributed by atoms with Crippen molar-refractivity contribution in [1.82, 2.24) is 4.90 Å². The maximum Gasteiger partial charge on any atom is 0.252 e. The number of nitrogens with zero attached hydrogens (tertiary/aromatic N) is 2. The number of nitriles is 1. The first kappa shape index (κ1) is 8.02. The molecular formula is C7H11N3O. The van der Waals surface area contributed by atoms with Crippen molar-refractivity contribution >= 4 is 5.91 Å². The molecule has 1 unspecified atom stereocenters. The molecule has 0 radical (unpaired) electrons. The van der Waals surface area contributed by atoms with Crippen LogP contribution in [0.4, 0.5) is 0 Å². The molecule has 1 fully saturated rings. The number of carbonyl (C=O) groups is 1. The summed E-state index contributed by atoms with van der Waals surface area (Å²) in [6, 6.07) is -0.461. The Morgan fingerprint density at radius 3 is 3.00 bits per heavy atom. The van der Waals surface area contributed by atoms with Crippen LogP contribution < -0.4 is 5.73 Å². The van der Waals surface area contributed by atoms with E-state index in [0.29, 0.717) is 13.0 Å². The van der Waals surface area contributed by atoms with Crippen LogP contribution >= 0.6 is 0 Å². The third kappa shape index (κ3) is 1.69. The zero-order chi connectivity index (χ0) is 8.27. The maximum absolute atomic E-state index is 11.2. The van der Waals surface area contributed by atoms with Gasteiger partial charge >= 0.3 is 0 Å². The topological polar surface area (TPSA) is 70.1 Å². The van der Waals surface area contributed by atoms with Crippen LogP contribution in [-0.4, -0.2) is 23.4 Å². The van der Waals surface area contributed by atoms with E-state index >= 15 is 0 Å². The molecule has 0 spiro atoms. The van der Waals surface area contributed by atoms with E-state index in [1.54, 1.807) is 0 Å². The minimum absolute atomic E-state index is 0.231. The molecule has 1 saturated heterocycles. The SMILES string of the molecule is N#CN1CCCCC(N)C1=O. The van der Waals surface area contributed by atoms with Crippen LogP contribution in [0.5, 0.6) is 0 Å². The summed E-state index contributed by atoms with van der Waals surface area (Å²) in [5.41, 5.74) is 5.50. The zero-order valence-corrected chi connectivity index (χ0v) is 6.29. The molecule has 11 heavy (non-hydrogen) atoms. The molecule has 0 saturated carbocycles. The van der Waals surface area contributed by atoms with Crippen molar-refractivity contribution in [3.63, 3.8) is 0 Å². The predicted molar refractivity (Wildman–Crippen MR) is 39.2 cm³/mol. The summed E-state index contributed by atoms with van der Waals surface area (Å²) in [6.07, 6.45) is 4.35. The first-order chi connectivity index (χ1) is 5.25. The first-order valence-corrected chi connectivity index (χ1v) is 3.72. The summed E-state index contributed by atoms with van der Waals surface area (Å²) in [4.78, 5) is 12.3. The fourth-order valence-electron chi connectivity index (χ4n) is 1.17. The van der Waals surface area contributed by atoms with Gasteiger partial charge in [-0.15, -0.1) is 0 Å². The van der Waals surface area contributed by atoms with Gasteiger partial charge in [-0.05, 0) is 19.3 Å². The number of rotatable bonds is 0. The molecule has 1 heterocycles. The molecule has 1 aliphatic heterocycles. The van der Waals surface area contributed by atoms with Crippen molar-refractivity contribution in [3.8, 4) is 6.19 Å². The van der Waals surface area contributed by atoms with E-state index in [1.165, 1.54) is 0 Å². The Labute approximate surface area is 65.6 Å². The van der Waals surface area contributed by atoms with Crippen LogP contribution in [0.1, 0.15) is 19.3 Å². The second-order valence-electron chi connectivity index (χ2n) is 2.69. The van der Waals surface area contributed by atoms with E-state index < -0.39 is 6.04 Å². The molecule has 0 bridgehead atoms. The highest BCUT2D eigenvalue weighted by Crippen LogP contribution is 2.08. The summed E-state index contributed by atoms with van der Waals surface area (Å²) in [5.74, 6) is -0.231. The maximum atomic E-state index is 11.2. The average Bonchev–Trinajstić information content (AvgIpc) is 2.16. The number of hydrogen-bond acceptors (Lipinski definition) is 3. The fourth-order valence-corrected chi connectivity index (χ4v) is 1.17. The lowest BCUT2D eigenvalue weighted by molar-refractivity contribution is -0.129. The minimum Gasteiger partial charge on any atom is -0.320 e. The number of amides is 1. The van der Waals surface area contributed by atoms with Crippen molar-refractivity contribution in [2.75, 3.05) is 6.54 Å². The molecule has 2 N–H and O–H groups in total. The third-order valence-corrected chi connectivity index (χ3v) is 1.85. The summed E-state index contributed by atoms with van der Waals surface area (Å²) in [5, 5.41) is 8.50. The number of likely N-dealkylation sites (tertiary alicyclic amines) is 1. The van der Waals surface area contributed by atoms with E-state index in [2.05, 4.69) is 0 Å². The smallest absolute Gasteiger partial charge is 0.252 e. The van der Waals surface area contributed by atoms with Gasteiger partial charge < -0.3 is 5.73 Å². The Morgan fingerprint density at radius 1 is 1.64 bits per heavy atom. The molecule has 0 aromatic heterocycles. The van der Waals surface area contributed by atoms with E-state index in [1.807, 2.05) is 6.19 Å². The summed E-state index contributed by atoms with van der Waals surface area (Å²) >= 11 is 0. The van der Waals surface area contributed by atoms with Gasteiger partial charge in [0, 0.05) is 6.54 Å². The van der Waals surface area contributed by atoms with Gasteiger partial charge in [-0.2, -0.15) is 5.26 Å². The first-order valence-electron chi connectivity index (χ1n) is 3.72. The van der Waals surface area contributed by atoms with Gasteiger partial charge in [-0.1, -0.05) is 0 Å². The van der Waals surface area contributed by atoms with Gasteiger partial charge in [0.2, 0.25) is 0 Å². The second-order valence-corrected chi connectivity index (χ2v) is 2.69. The van der Waals surface area contributed by atoms with Crippen molar-refractivity contribution in [3.05, 3.63) is 0 Å². The van der Waals surface area contributed by atoms with Gasteiger partial charge in [-0.3, -0.25) is 4.79 Å². The molecule has 60 valence electrons. The molecular weight excluding hydrogens is 142 g/mol. The van der Waals surface area contributed by atoms with E-state index in [0.717, 1.165) is 17.7 Å². The minimum atomic E-state index is -0.461. The molecule has 0 aromatic carbocycles. The summed E-state index contributed by atoms with van der Waals surface area (Å²) in [6.45, 7) is 0.531. The lowest BCUT2D eigenvalue weighted by Crippen LogP contribution is -2.39. The van der Waals surface area contributed by atoms with Crippen LogP contribution in [0.15, 0.2) is 0 Å². The number of carbonyl (C=O) groups excluding carboxylic acids is 1. The van der Waals surface area contributed by atoms with Crippen LogP contribution in [0.25, 0.3) is 0 Å². The van der Waals surface area contributed by atoms with Crippen molar-refractivity contribution in [2.24, 2.45) is 5.73 Å². The Hall–Kier alpha value is -1.08. The molecule has 1 aliphatic rings. The highest BCUT2D eigenvalue weighted by atomic mass is 16.2. The molecule has 0 aromatic rings. The van der Waals surface area contributed by atoms with Crippen molar-refractivity contribution in [1.29, 1.82) is 5.26 Å². The van der Waals surface area contributed by atoms with E-state index in [9.17, 15) is 4.79 Å². The predicted octanol–water partition coefficient (Wildman–Crippen LogP) is -0.193. The van der Waals surface area contributed by atoms with Gasteiger partial charge in [0.25, 0.3) is 5.91 Å². The molecule has 0 aliphatic carbocycles. The van der Waals surface area contributed by atoms with Crippen LogP contribution in [-0.2, 0) is 4.79 Å². The average molecular weight is 153 g/mol. The van der Waals surface area contributed by atoms with Gasteiger partial charge in [0.05, 0.1) is 6.04 Å². The Morgan fingerprint density at radius 2 is 2.36 bits per heavy atom. The van der Waals surface area contributed by atoms with Crippen LogP contribution in [0, 0.1) is 11.5 Å². The second kappa shape index (κ2) is 3.35. The molecule has 1 atom stereocenters. The van der Waals surface area contributed by atoms with Gasteiger partial charge in [0.1, 0.15) is 0 Å². The van der Waals surface area contributed by atoms with E-state index in [-0.39, 0.29) is 5.91 Å². The lowest BCUT2D eigenvalue weighted by Gasteiger charge is -2.12. The fraction of sp³-hybridized carbons (Fsp3) is 0.714.